The second kappa shape index (κ2) is 12.0. The minimum absolute atomic E-state index is 0.176. The SMILES string of the molecule is COC(=O)NCCO[C@@H](CO[C@@H]1CCCN(C(=O)OC(C)(C)C)C1)c1cc(F)ccc1C. The highest BCUT2D eigenvalue weighted by Gasteiger charge is 2.29. The Balaban J connectivity index is 1.98. The molecule has 9 heteroatoms. The fraction of sp³-hybridized carbons (Fsp3) is 0.652. The molecule has 1 fully saturated rings. The average molecular weight is 455 g/mol. The smallest absolute Gasteiger partial charge is 0.410 e. The molecule has 0 aliphatic carbocycles. The van der Waals surface area contributed by atoms with E-state index in [2.05, 4.69) is 10.1 Å². The molecule has 2 rings (SSSR count). The lowest BCUT2D eigenvalue weighted by atomic mass is 10.0. The molecule has 0 bridgehead atoms. The van der Waals surface area contributed by atoms with E-state index in [1.165, 1.54) is 19.2 Å². The highest BCUT2D eigenvalue weighted by Crippen LogP contribution is 2.25. The summed E-state index contributed by atoms with van der Waals surface area (Å²) in [7, 11) is 1.29. The third-order valence-corrected chi connectivity index (χ3v) is 4.98. The van der Waals surface area contributed by atoms with Crippen molar-refractivity contribution in [1.29, 1.82) is 0 Å². The predicted octanol–water partition coefficient (Wildman–Crippen LogP) is 3.96. The molecular formula is C23H35FN2O6. The Hall–Kier alpha value is -2.39. The largest absolute Gasteiger partial charge is 0.453 e. The first-order chi connectivity index (χ1) is 15.1. The summed E-state index contributed by atoms with van der Waals surface area (Å²) in [6.45, 7) is 9.06. The van der Waals surface area contributed by atoms with Gasteiger partial charge >= 0.3 is 12.2 Å². The van der Waals surface area contributed by atoms with Crippen molar-refractivity contribution in [2.24, 2.45) is 0 Å². The molecular weight excluding hydrogens is 419 g/mol. The third kappa shape index (κ3) is 8.63. The Morgan fingerprint density at radius 1 is 1.31 bits per heavy atom. The second-order valence-electron chi connectivity index (χ2n) is 8.80. The standard InChI is InChI=1S/C23H35FN2O6/c1-16-8-9-17(24)13-19(16)20(30-12-10-25-21(27)29-5)15-31-18-7-6-11-26(14-18)22(28)32-23(2,3)4/h8-9,13,18,20H,6-7,10-12,14-15H2,1-5H3,(H,25,27)/t18-,20+/m1/s1. The van der Waals surface area contributed by atoms with Gasteiger partial charge < -0.3 is 29.2 Å². The van der Waals surface area contributed by atoms with Gasteiger partial charge in [-0.05, 0) is 63.8 Å². The van der Waals surface area contributed by atoms with E-state index in [0.717, 1.165) is 18.4 Å². The number of carbonyl (C=O) groups excluding carboxylic acids is 2. The van der Waals surface area contributed by atoms with E-state index in [1.54, 1.807) is 11.0 Å². The Kier molecular flexibility index (Phi) is 9.71. The number of hydrogen-bond donors (Lipinski definition) is 1. The van der Waals surface area contributed by atoms with Crippen molar-refractivity contribution in [2.45, 2.75) is 58.3 Å². The van der Waals surface area contributed by atoms with E-state index < -0.39 is 17.8 Å². The Bertz CT molecular complexity index is 767. The molecule has 1 saturated heterocycles. The van der Waals surface area contributed by atoms with Gasteiger partial charge in [0.2, 0.25) is 0 Å². The van der Waals surface area contributed by atoms with Gasteiger partial charge in [0, 0.05) is 13.1 Å². The number of likely N-dealkylation sites (tertiary alicyclic amines) is 1. The topological polar surface area (TPSA) is 86.3 Å². The zero-order valence-corrected chi connectivity index (χ0v) is 19.6. The molecule has 32 heavy (non-hydrogen) atoms. The predicted molar refractivity (Wildman–Crippen MR) is 117 cm³/mol. The molecule has 8 nitrogen and oxygen atoms in total. The monoisotopic (exact) mass is 454 g/mol. The van der Waals surface area contributed by atoms with Crippen LogP contribution in [0.2, 0.25) is 0 Å². The van der Waals surface area contributed by atoms with Gasteiger partial charge in [-0.25, -0.2) is 14.0 Å². The van der Waals surface area contributed by atoms with Crippen molar-refractivity contribution in [2.75, 3.05) is 40.0 Å². The molecule has 0 spiro atoms. The molecule has 1 aliphatic heterocycles. The van der Waals surface area contributed by atoms with Crippen LogP contribution in [0.1, 0.15) is 50.8 Å². The number of amides is 2. The van der Waals surface area contributed by atoms with Gasteiger partial charge in [0.15, 0.2) is 0 Å². The van der Waals surface area contributed by atoms with Crippen LogP contribution in [0.3, 0.4) is 0 Å². The molecule has 2 atom stereocenters. The number of piperidine rings is 1. The lowest BCUT2D eigenvalue weighted by molar-refractivity contribution is -0.0662. The summed E-state index contributed by atoms with van der Waals surface area (Å²) in [5.41, 5.74) is 1.000. The number of hydrogen-bond acceptors (Lipinski definition) is 6. The van der Waals surface area contributed by atoms with Crippen LogP contribution in [0.4, 0.5) is 14.0 Å². The number of benzene rings is 1. The molecule has 0 radical (unpaired) electrons. The minimum Gasteiger partial charge on any atom is -0.453 e. The highest BCUT2D eigenvalue weighted by molar-refractivity contribution is 5.68. The van der Waals surface area contributed by atoms with Gasteiger partial charge in [0.25, 0.3) is 0 Å². The van der Waals surface area contributed by atoms with E-state index in [1.807, 2.05) is 27.7 Å². The molecule has 1 aliphatic rings. The molecule has 1 heterocycles. The van der Waals surface area contributed by atoms with Gasteiger partial charge in [-0.1, -0.05) is 6.07 Å². The number of nitrogens with one attached hydrogen (secondary N) is 1. The summed E-state index contributed by atoms with van der Waals surface area (Å²) in [6.07, 6.45) is 0.00270. The van der Waals surface area contributed by atoms with Gasteiger partial charge in [-0.2, -0.15) is 0 Å². The van der Waals surface area contributed by atoms with E-state index in [-0.39, 0.29) is 37.8 Å². The molecule has 0 unspecified atom stereocenters. The summed E-state index contributed by atoms with van der Waals surface area (Å²) in [6, 6.07) is 4.53. The van der Waals surface area contributed by atoms with E-state index in [9.17, 15) is 14.0 Å². The van der Waals surface area contributed by atoms with E-state index in [4.69, 9.17) is 14.2 Å². The maximum absolute atomic E-state index is 13.9. The molecule has 1 N–H and O–H groups in total. The van der Waals surface area contributed by atoms with Crippen molar-refractivity contribution < 1.29 is 32.9 Å². The van der Waals surface area contributed by atoms with Crippen LogP contribution in [-0.2, 0) is 18.9 Å². The van der Waals surface area contributed by atoms with Crippen molar-refractivity contribution >= 4 is 12.2 Å². The zero-order valence-electron chi connectivity index (χ0n) is 19.6. The molecule has 1 aromatic carbocycles. The number of aryl methyl sites for hydroxylation is 1. The molecule has 180 valence electrons. The molecule has 0 aromatic heterocycles. The van der Waals surface area contributed by atoms with Crippen LogP contribution in [-0.4, -0.2) is 68.7 Å². The molecule has 0 saturated carbocycles. The van der Waals surface area contributed by atoms with E-state index >= 15 is 0 Å². The van der Waals surface area contributed by atoms with Crippen LogP contribution in [0.25, 0.3) is 0 Å². The van der Waals surface area contributed by atoms with Crippen LogP contribution in [0.15, 0.2) is 18.2 Å². The maximum atomic E-state index is 13.9. The number of methoxy groups -OCH3 is 1. The van der Waals surface area contributed by atoms with Gasteiger partial charge in [0.05, 0.1) is 33.0 Å². The maximum Gasteiger partial charge on any atom is 0.410 e. The number of ether oxygens (including phenoxy) is 4. The third-order valence-electron chi connectivity index (χ3n) is 4.98. The number of alkyl carbamates (subject to hydrolysis) is 1. The average Bonchev–Trinajstić information content (AvgIpc) is 2.74. The van der Waals surface area contributed by atoms with Crippen LogP contribution >= 0.6 is 0 Å². The van der Waals surface area contributed by atoms with Crippen molar-refractivity contribution in [3.63, 3.8) is 0 Å². The summed E-state index contributed by atoms with van der Waals surface area (Å²) >= 11 is 0. The van der Waals surface area contributed by atoms with Crippen LogP contribution in [0.5, 0.6) is 0 Å². The van der Waals surface area contributed by atoms with Gasteiger partial charge in [0.1, 0.15) is 17.5 Å². The van der Waals surface area contributed by atoms with Crippen molar-refractivity contribution in [3.05, 3.63) is 35.1 Å². The zero-order chi connectivity index (χ0) is 23.7. The number of rotatable bonds is 8. The summed E-state index contributed by atoms with van der Waals surface area (Å²) in [4.78, 5) is 25.3. The first-order valence-corrected chi connectivity index (χ1v) is 10.9. The first kappa shape index (κ1) is 25.9. The Labute approximate surface area is 189 Å². The number of carbonyl (C=O) groups is 2. The van der Waals surface area contributed by atoms with Crippen molar-refractivity contribution in [3.8, 4) is 0 Å². The summed E-state index contributed by atoms with van der Waals surface area (Å²) in [5.74, 6) is -0.361. The quantitative estimate of drug-likeness (QED) is 0.599. The molecule has 1 aromatic rings. The first-order valence-electron chi connectivity index (χ1n) is 10.9. The lowest BCUT2D eigenvalue weighted by Crippen LogP contribution is -2.45. The second-order valence-corrected chi connectivity index (χ2v) is 8.80. The van der Waals surface area contributed by atoms with Gasteiger partial charge in [-0.15, -0.1) is 0 Å². The van der Waals surface area contributed by atoms with Crippen molar-refractivity contribution in [1.82, 2.24) is 10.2 Å². The van der Waals surface area contributed by atoms with Crippen LogP contribution < -0.4 is 5.32 Å². The van der Waals surface area contributed by atoms with E-state index in [0.29, 0.717) is 18.7 Å². The van der Waals surface area contributed by atoms with Crippen LogP contribution in [0, 0.1) is 12.7 Å². The molecule has 2 amide bonds. The fourth-order valence-corrected chi connectivity index (χ4v) is 3.40. The highest BCUT2D eigenvalue weighted by atomic mass is 19.1. The fourth-order valence-electron chi connectivity index (χ4n) is 3.40. The van der Waals surface area contributed by atoms with Gasteiger partial charge in [-0.3, -0.25) is 0 Å². The summed E-state index contributed by atoms with van der Waals surface area (Å²) in [5, 5.41) is 2.55. The number of halogens is 1. The Morgan fingerprint density at radius 2 is 2.06 bits per heavy atom. The number of nitrogens with zero attached hydrogens (tertiary/aromatic N) is 1. The Morgan fingerprint density at radius 3 is 2.75 bits per heavy atom. The normalized spacial score (nSPS) is 17.6. The lowest BCUT2D eigenvalue weighted by Gasteiger charge is -2.34. The summed E-state index contributed by atoms with van der Waals surface area (Å²) < 4.78 is 35.9. The minimum atomic E-state index is -0.559.